The average molecular weight is 151 g/mol. The van der Waals surface area contributed by atoms with Crippen LogP contribution in [0.2, 0.25) is 0 Å². The summed E-state index contributed by atoms with van der Waals surface area (Å²) in [4.78, 5) is 12.2. The van der Waals surface area contributed by atoms with Gasteiger partial charge < -0.3 is 10.0 Å². The van der Waals surface area contributed by atoms with Gasteiger partial charge in [0.15, 0.2) is 5.78 Å². The summed E-state index contributed by atoms with van der Waals surface area (Å²) >= 11 is 0. The number of nitrogens with zero attached hydrogens (tertiary/aromatic N) is 1. The van der Waals surface area contributed by atoms with Gasteiger partial charge in [0, 0.05) is 0 Å². The molecule has 0 fully saturated rings. The summed E-state index contributed by atoms with van der Waals surface area (Å²) < 4.78 is 0. The van der Waals surface area contributed by atoms with Crippen molar-refractivity contribution in [2.75, 3.05) is 20.6 Å². The van der Waals surface area contributed by atoms with Crippen molar-refractivity contribution in [3.8, 4) is 0 Å². The molecule has 0 aromatic rings. The third kappa shape index (κ3) is 8.17. The molecule has 0 unspecified atom stereocenters. The summed E-state index contributed by atoms with van der Waals surface area (Å²) in [6.45, 7) is 0.304. The van der Waals surface area contributed by atoms with Crippen molar-refractivity contribution in [2.45, 2.75) is 0 Å². The molecule has 0 aromatic carbocycles. The zero-order valence-corrected chi connectivity index (χ0v) is 8.63. The van der Waals surface area contributed by atoms with Gasteiger partial charge in [0.1, 0.15) is 0 Å². The first-order valence-electron chi connectivity index (χ1n) is 2.63. The summed E-state index contributed by atoms with van der Waals surface area (Å²) in [5.41, 5.74) is 0. The molecule has 0 saturated heterocycles. The molecule has 0 radical (unpaired) electrons. The van der Waals surface area contributed by atoms with E-state index in [4.69, 9.17) is 0 Å². The van der Waals surface area contributed by atoms with Crippen LogP contribution < -0.4 is 34.7 Å². The molecule has 0 aliphatic rings. The monoisotopic (exact) mass is 151 g/mol. The van der Waals surface area contributed by atoms with Gasteiger partial charge >= 0.3 is 29.6 Å². The van der Waals surface area contributed by atoms with Gasteiger partial charge in [-0.15, -0.1) is 6.26 Å². The number of rotatable bonds is 3. The fourth-order valence-electron chi connectivity index (χ4n) is 0.440. The van der Waals surface area contributed by atoms with Crippen molar-refractivity contribution in [1.82, 2.24) is 4.90 Å². The maximum atomic E-state index is 10.5. The van der Waals surface area contributed by atoms with E-state index in [2.05, 4.69) is 0 Å². The number of hydrogen-bond donors (Lipinski definition) is 0. The van der Waals surface area contributed by atoms with Crippen molar-refractivity contribution in [3.63, 3.8) is 0 Å². The van der Waals surface area contributed by atoms with Crippen LogP contribution in [-0.2, 0) is 4.79 Å². The second-order valence-electron chi connectivity index (χ2n) is 2.01. The summed E-state index contributed by atoms with van der Waals surface area (Å²) in [7, 11) is 3.55. The Morgan fingerprint density at radius 1 is 1.60 bits per heavy atom. The largest absolute Gasteiger partial charge is 1.00 e. The van der Waals surface area contributed by atoms with Crippen LogP contribution in [-0.4, -0.2) is 31.3 Å². The molecule has 4 heteroatoms. The zero-order valence-electron chi connectivity index (χ0n) is 6.63. The van der Waals surface area contributed by atoms with E-state index >= 15 is 0 Å². The Hall–Kier alpha value is 0.170. The zero-order chi connectivity index (χ0) is 7.28. The molecule has 0 N–H and O–H groups in total. The number of hydrogen-bond acceptors (Lipinski definition) is 3. The molecule has 10 heavy (non-hydrogen) atoms. The third-order valence-electron chi connectivity index (χ3n) is 0.726. The molecule has 0 amide bonds. The van der Waals surface area contributed by atoms with E-state index in [1.54, 1.807) is 19.0 Å². The fourth-order valence-corrected chi connectivity index (χ4v) is 0.440. The Morgan fingerprint density at radius 2 is 2.10 bits per heavy atom. The minimum absolute atomic E-state index is 0. The first kappa shape index (κ1) is 12.8. The van der Waals surface area contributed by atoms with Crippen molar-refractivity contribution < 1.29 is 39.5 Å². The van der Waals surface area contributed by atoms with E-state index in [-0.39, 0.29) is 35.3 Å². The maximum Gasteiger partial charge on any atom is 1.00 e. The molecule has 0 heterocycles. The van der Waals surface area contributed by atoms with Gasteiger partial charge in [0.05, 0.1) is 6.54 Å². The van der Waals surface area contributed by atoms with Gasteiger partial charge in [-0.25, -0.2) is 0 Å². The van der Waals surface area contributed by atoms with Crippen molar-refractivity contribution in [3.05, 3.63) is 12.3 Å². The van der Waals surface area contributed by atoms with E-state index in [0.29, 0.717) is 12.8 Å². The molecule has 0 spiro atoms. The smallest absolute Gasteiger partial charge is 0.878 e. The topological polar surface area (TPSA) is 43.4 Å². The maximum absolute atomic E-state index is 10.5. The minimum atomic E-state index is -0.157. The molecule has 0 atom stereocenters. The Kier molecular flexibility index (Phi) is 9.33. The van der Waals surface area contributed by atoms with Crippen LogP contribution in [0, 0.1) is 0 Å². The van der Waals surface area contributed by atoms with Gasteiger partial charge in [-0.1, -0.05) is 0 Å². The molecule has 0 rings (SSSR count). The van der Waals surface area contributed by atoms with Gasteiger partial charge in [0.25, 0.3) is 0 Å². The second-order valence-corrected chi connectivity index (χ2v) is 2.01. The van der Waals surface area contributed by atoms with E-state index in [1.807, 2.05) is 0 Å². The predicted octanol–water partition coefficient (Wildman–Crippen LogP) is -4.00. The first-order valence-corrected chi connectivity index (χ1v) is 2.63. The molecule has 0 bridgehead atoms. The average Bonchev–Trinajstić information content (AvgIpc) is 1.63. The Morgan fingerprint density at radius 3 is 2.40 bits per heavy atom. The summed E-state index contributed by atoms with van der Waals surface area (Å²) in [6.07, 6.45) is 1.53. The molecular weight excluding hydrogens is 141 g/mol. The standard InChI is InChI=1S/C6H11NO2.Na/c1-7(2)5-6(9)3-4-8;/h3-4,8H,5H2,1-2H3;/q;+1/p-1/b4-3+;. The van der Waals surface area contributed by atoms with Gasteiger partial charge in [-0.05, 0) is 20.2 Å². The molecule has 0 aromatic heterocycles. The van der Waals surface area contributed by atoms with Crippen LogP contribution in [0.1, 0.15) is 0 Å². The minimum Gasteiger partial charge on any atom is -0.878 e. The third-order valence-corrected chi connectivity index (χ3v) is 0.726. The van der Waals surface area contributed by atoms with Crippen molar-refractivity contribution in [1.29, 1.82) is 0 Å². The molecule has 0 aliphatic heterocycles. The van der Waals surface area contributed by atoms with Crippen LogP contribution in [0.3, 0.4) is 0 Å². The molecule has 0 aliphatic carbocycles. The van der Waals surface area contributed by atoms with E-state index in [9.17, 15) is 9.90 Å². The van der Waals surface area contributed by atoms with Crippen LogP contribution in [0.15, 0.2) is 12.3 Å². The Bertz CT molecular complexity index is 123. The molecule has 3 nitrogen and oxygen atoms in total. The summed E-state index contributed by atoms with van der Waals surface area (Å²) in [5, 5.41) is 9.70. The quantitative estimate of drug-likeness (QED) is 0.234. The molecule has 52 valence electrons. The predicted molar refractivity (Wildman–Crippen MR) is 32.7 cm³/mol. The second kappa shape index (κ2) is 7.28. The first-order chi connectivity index (χ1) is 4.16. The van der Waals surface area contributed by atoms with Crippen molar-refractivity contribution >= 4 is 5.78 Å². The Balaban J connectivity index is 0. The molecular formula is C6H10NNaO2. The van der Waals surface area contributed by atoms with Gasteiger partial charge in [0.2, 0.25) is 0 Å². The molecule has 0 saturated carbocycles. The van der Waals surface area contributed by atoms with Crippen LogP contribution in [0.5, 0.6) is 0 Å². The normalized spacial score (nSPS) is 9.90. The number of carbonyl (C=O) groups is 1. The Labute approximate surface area is 83.0 Å². The SMILES string of the molecule is CN(C)CC(=O)/C=C/[O-].[Na+]. The van der Waals surface area contributed by atoms with Crippen molar-refractivity contribution in [2.24, 2.45) is 0 Å². The summed E-state index contributed by atoms with van der Waals surface area (Å²) in [5.74, 6) is -0.157. The van der Waals surface area contributed by atoms with E-state index in [1.165, 1.54) is 0 Å². The number of carbonyl (C=O) groups excluding carboxylic acids is 1. The van der Waals surface area contributed by atoms with E-state index in [0.717, 1.165) is 6.08 Å². The van der Waals surface area contributed by atoms with E-state index < -0.39 is 0 Å². The van der Waals surface area contributed by atoms with Gasteiger partial charge in [-0.2, -0.15) is 0 Å². The van der Waals surface area contributed by atoms with Crippen LogP contribution in [0.25, 0.3) is 0 Å². The fraction of sp³-hybridized carbons (Fsp3) is 0.500. The van der Waals surface area contributed by atoms with Crippen LogP contribution >= 0.6 is 0 Å². The van der Waals surface area contributed by atoms with Gasteiger partial charge in [-0.3, -0.25) is 4.79 Å². The number of ketones is 1. The van der Waals surface area contributed by atoms with Crippen LogP contribution in [0.4, 0.5) is 0 Å². The number of likely N-dealkylation sites (N-methyl/N-ethyl adjacent to an activating group) is 1. The summed E-state index contributed by atoms with van der Waals surface area (Å²) in [6, 6.07) is 0.